The summed E-state index contributed by atoms with van der Waals surface area (Å²) in [6.45, 7) is 5.20. The van der Waals surface area contributed by atoms with Gasteiger partial charge in [0.2, 0.25) is 0 Å². The highest BCUT2D eigenvalue weighted by Gasteiger charge is 2.10. The van der Waals surface area contributed by atoms with Crippen LogP contribution in [0.5, 0.6) is 0 Å². The second-order valence-electron chi connectivity index (χ2n) is 5.03. The van der Waals surface area contributed by atoms with Crippen LogP contribution in [0.25, 0.3) is 0 Å². The van der Waals surface area contributed by atoms with Crippen LogP contribution >= 0.6 is 23.4 Å². The summed E-state index contributed by atoms with van der Waals surface area (Å²) in [4.78, 5) is 15.3. The quantitative estimate of drug-likeness (QED) is 0.616. The highest BCUT2D eigenvalue weighted by atomic mass is 35.5. The number of nitrogens with one attached hydrogen (secondary N) is 2. The summed E-state index contributed by atoms with van der Waals surface area (Å²) >= 11 is 7.55. The van der Waals surface area contributed by atoms with Crippen LogP contribution in [0.15, 0.2) is 23.1 Å². The first kappa shape index (κ1) is 17.4. The Morgan fingerprint density at radius 1 is 1.41 bits per heavy atom. The molecule has 0 atom stereocenters. The molecule has 1 saturated heterocycles. The minimum absolute atomic E-state index is 0.195. The monoisotopic (exact) mass is 343 g/mol. The average Bonchev–Trinajstić information content (AvgIpc) is 2.53. The van der Waals surface area contributed by atoms with E-state index in [9.17, 15) is 4.79 Å². The second kappa shape index (κ2) is 9.25. The molecule has 1 aromatic rings. The number of ether oxygens (including phenoxy) is 1. The molecular weight excluding hydrogens is 322 g/mol. The molecule has 0 unspecified atom stereocenters. The van der Waals surface area contributed by atoms with Crippen molar-refractivity contribution in [2.75, 3.05) is 51.0 Å². The first-order chi connectivity index (χ1) is 10.7. The number of urea groups is 1. The van der Waals surface area contributed by atoms with Crippen molar-refractivity contribution in [2.45, 2.75) is 11.3 Å². The summed E-state index contributed by atoms with van der Waals surface area (Å²) in [6.07, 6.45) is 2.90. The lowest BCUT2D eigenvalue weighted by molar-refractivity contribution is 0.0375. The standard InChI is InChI=1S/C15H22ClN3O2S/c1-22-14-4-3-12(16)11-13(14)18-15(20)17-5-2-6-19-7-9-21-10-8-19/h3-4,11H,2,5-10H2,1H3,(H2,17,18,20). The van der Waals surface area contributed by atoms with Crippen LogP contribution in [0, 0.1) is 0 Å². The molecule has 22 heavy (non-hydrogen) atoms. The number of carbonyl (C=O) groups excluding carboxylic acids is 1. The van der Waals surface area contributed by atoms with E-state index in [1.54, 1.807) is 17.8 Å². The first-order valence-corrected chi connectivity index (χ1v) is 8.98. The molecule has 5 nitrogen and oxygen atoms in total. The maximum absolute atomic E-state index is 11.9. The molecular formula is C15H22ClN3O2S. The highest BCUT2D eigenvalue weighted by Crippen LogP contribution is 2.28. The van der Waals surface area contributed by atoms with Crippen molar-refractivity contribution in [3.63, 3.8) is 0 Å². The highest BCUT2D eigenvalue weighted by molar-refractivity contribution is 7.98. The molecule has 1 aliphatic rings. The van der Waals surface area contributed by atoms with Crippen molar-refractivity contribution in [3.05, 3.63) is 23.2 Å². The number of benzene rings is 1. The number of morpholine rings is 1. The maximum atomic E-state index is 11.9. The van der Waals surface area contributed by atoms with Crippen molar-refractivity contribution >= 4 is 35.1 Å². The van der Waals surface area contributed by atoms with Crippen LogP contribution < -0.4 is 10.6 Å². The van der Waals surface area contributed by atoms with Gasteiger partial charge in [0.25, 0.3) is 0 Å². The summed E-state index contributed by atoms with van der Waals surface area (Å²) in [7, 11) is 0. The van der Waals surface area contributed by atoms with Crippen LogP contribution in [0.2, 0.25) is 5.02 Å². The molecule has 0 bridgehead atoms. The number of thioether (sulfide) groups is 1. The van der Waals surface area contributed by atoms with E-state index in [0.717, 1.165) is 49.9 Å². The van der Waals surface area contributed by atoms with Crippen molar-refractivity contribution < 1.29 is 9.53 Å². The van der Waals surface area contributed by atoms with Crippen LogP contribution in [0.4, 0.5) is 10.5 Å². The third-order valence-electron chi connectivity index (χ3n) is 3.45. The van der Waals surface area contributed by atoms with E-state index in [2.05, 4.69) is 15.5 Å². The third kappa shape index (κ3) is 5.68. The van der Waals surface area contributed by atoms with E-state index in [-0.39, 0.29) is 6.03 Å². The van der Waals surface area contributed by atoms with Gasteiger partial charge in [0.1, 0.15) is 0 Å². The fraction of sp³-hybridized carbons (Fsp3) is 0.533. The zero-order chi connectivity index (χ0) is 15.8. The SMILES string of the molecule is CSc1ccc(Cl)cc1NC(=O)NCCCN1CCOCC1. The number of halogens is 1. The Bertz CT molecular complexity index is 496. The van der Waals surface area contributed by atoms with Crippen molar-refractivity contribution in [1.82, 2.24) is 10.2 Å². The van der Waals surface area contributed by atoms with Crippen LogP contribution in [-0.4, -0.2) is 56.6 Å². The normalized spacial score (nSPS) is 15.5. The number of anilines is 1. The zero-order valence-corrected chi connectivity index (χ0v) is 14.3. The van der Waals surface area contributed by atoms with Gasteiger partial charge in [-0.1, -0.05) is 11.6 Å². The predicted octanol–water partition coefficient (Wildman–Crippen LogP) is 2.91. The molecule has 0 saturated carbocycles. The lowest BCUT2D eigenvalue weighted by Gasteiger charge is -2.26. The van der Waals surface area contributed by atoms with E-state index < -0.39 is 0 Å². The molecule has 0 spiro atoms. The molecule has 1 aromatic carbocycles. The van der Waals surface area contributed by atoms with E-state index >= 15 is 0 Å². The summed E-state index contributed by atoms with van der Waals surface area (Å²) in [5, 5.41) is 6.34. The van der Waals surface area contributed by atoms with Gasteiger partial charge in [-0.25, -0.2) is 4.79 Å². The number of hydrogen-bond acceptors (Lipinski definition) is 4. The number of carbonyl (C=O) groups is 1. The molecule has 1 heterocycles. The number of nitrogens with zero attached hydrogens (tertiary/aromatic N) is 1. The third-order valence-corrected chi connectivity index (χ3v) is 4.48. The Morgan fingerprint density at radius 2 is 2.18 bits per heavy atom. The number of rotatable bonds is 6. The average molecular weight is 344 g/mol. The predicted molar refractivity (Wildman–Crippen MR) is 92.1 cm³/mol. The second-order valence-corrected chi connectivity index (χ2v) is 6.32. The molecule has 0 aromatic heterocycles. The zero-order valence-electron chi connectivity index (χ0n) is 12.7. The van der Waals surface area contributed by atoms with Crippen LogP contribution in [-0.2, 0) is 4.74 Å². The van der Waals surface area contributed by atoms with E-state index in [1.165, 1.54) is 0 Å². The molecule has 1 fully saturated rings. The van der Waals surface area contributed by atoms with Gasteiger partial charge in [-0.3, -0.25) is 4.90 Å². The van der Waals surface area contributed by atoms with E-state index in [0.29, 0.717) is 11.6 Å². The minimum atomic E-state index is -0.195. The molecule has 2 rings (SSSR count). The molecule has 122 valence electrons. The fourth-order valence-electron chi connectivity index (χ4n) is 2.27. The topological polar surface area (TPSA) is 53.6 Å². The molecule has 2 N–H and O–H groups in total. The van der Waals surface area contributed by atoms with Gasteiger partial charge in [0.15, 0.2) is 0 Å². The van der Waals surface area contributed by atoms with Gasteiger partial charge in [-0.15, -0.1) is 11.8 Å². The van der Waals surface area contributed by atoms with Gasteiger partial charge in [0.05, 0.1) is 18.9 Å². The molecule has 7 heteroatoms. The Labute approximate surface area is 140 Å². The smallest absolute Gasteiger partial charge is 0.319 e. The Balaban J connectivity index is 1.70. The van der Waals surface area contributed by atoms with Crippen LogP contribution in [0.1, 0.15) is 6.42 Å². The summed E-state index contributed by atoms with van der Waals surface area (Å²) in [5.74, 6) is 0. The molecule has 2 amide bonds. The van der Waals surface area contributed by atoms with Gasteiger partial charge in [0, 0.05) is 29.6 Å². The van der Waals surface area contributed by atoms with Crippen molar-refractivity contribution in [3.8, 4) is 0 Å². The lowest BCUT2D eigenvalue weighted by atomic mass is 10.3. The van der Waals surface area contributed by atoms with Gasteiger partial charge < -0.3 is 15.4 Å². The minimum Gasteiger partial charge on any atom is -0.379 e. The Kier molecular flexibility index (Phi) is 7.32. The van der Waals surface area contributed by atoms with E-state index in [4.69, 9.17) is 16.3 Å². The summed E-state index contributed by atoms with van der Waals surface area (Å²) < 4.78 is 5.31. The van der Waals surface area contributed by atoms with Crippen molar-refractivity contribution in [1.29, 1.82) is 0 Å². The summed E-state index contributed by atoms with van der Waals surface area (Å²) in [5.41, 5.74) is 0.741. The molecule has 0 aliphatic carbocycles. The fourth-order valence-corrected chi connectivity index (χ4v) is 2.98. The van der Waals surface area contributed by atoms with Gasteiger partial charge in [-0.05, 0) is 37.4 Å². The maximum Gasteiger partial charge on any atom is 0.319 e. The largest absolute Gasteiger partial charge is 0.379 e. The number of amides is 2. The Morgan fingerprint density at radius 3 is 2.91 bits per heavy atom. The Hall–Kier alpha value is -0.950. The number of hydrogen-bond donors (Lipinski definition) is 2. The molecule has 1 aliphatic heterocycles. The summed E-state index contributed by atoms with van der Waals surface area (Å²) in [6, 6.07) is 5.29. The van der Waals surface area contributed by atoms with Gasteiger partial charge in [-0.2, -0.15) is 0 Å². The van der Waals surface area contributed by atoms with Crippen molar-refractivity contribution in [2.24, 2.45) is 0 Å². The first-order valence-electron chi connectivity index (χ1n) is 7.37. The van der Waals surface area contributed by atoms with Crippen LogP contribution in [0.3, 0.4) is 0 Å². The van der Waals surface area contributed by atoms with E-state index in [1.807, 2.05) is 18.4 Å². The van der Waals surface area contributed by atoms with Gasteiger partial charge >= 0.3 is 6.03 Å². The lowest BCUT2D eigenvalue weighted by Crippen LogP contribution is -2.38. The molecule has 0 radical (unpaired) electrons.